The number of carbonyl (C=O) groups is 1. The van der Waals surface area contributed by atoms with Crippen LogP contribution >= 0.6 is 23.4 Å². The summed E-state index contributed by atoms with van der Waals surface area (Å²) in [6.07, 6.45) is 0. The predicted molar refractivity (Wildman–Crippen MR) is 139 cm³/mol. The Morgan fingerprint density at radius 2 is 1.75 bits per heavy atom. The molecule has 12 heteroatoms. The number of aryl methyl sites for hydroxylation is 1. The van der Waals surface area contributed by atoms with Crippen molar-refractivity contribution >= 4 is 46.0 Å². The third-order valence-electron chi connectivity index (χ3n) is 5.39. The first kappa shape index (κ1) is 25.3. The molecule has 0 fully saturated rings. The zero-order valence-electron chi connectivity index (χ0n) is 19.9. The van der Waals surface area contributed by atoms with Crippen LogP contribution in [0.25, 0.3) is 22.4 Å². The number of amides is 1. The van der Waals surface area contributed by atoms with Gasteiger partial charge >= 0.3 is 5.69 Å². The van der Waals surface area contributed by atoms with Crippen LogP contribution in [0.2, 0.25) is 5.02 Å². The highest BCUT2D eigenvalue weighted by Crippen LogP contribution is 2.30. The number of ether oxygens (including phenoxy) is 2. The fourth-order valence-corrected chi connectivity index (χ4v) is 4.49. The molecular weight excluding hydrogens is 506 g/mol. The standard InChI is InChI=1S/C24H22ClN5O5S/c1-29-21-19(23(32)30(2)24(29)33)22(28-20(27-21)13-5-8-15(34-3)9-6-13)36-12-18(31)26-16-11-14(25)7-10-17(16)35-4/h5-11H,12H2,1-4H3,(H,26,31). The van der Waals surface area contributed by atoms with E-state index in [-0.39, 0.29) is 27.7 Å². The molecule has 0 unspecified atom stereocenters. The van der Waals surface area contributed by atoms with Crippen molar-refractivity contribution in [2.75, 3.05) is 25.3 Å². The summed E-state index contributed by atoms with van der Waals surface area (Å²) in [6.45, 7) is 0. The number of rotatable bonds is 7. The van der Waals surface area contributed by atoms with Crippen LogP contribution in [0.1, 0.15) is 0 Å². The third kappa shape index (κ3) is 4.93. The van der Waals surface area contributed by atoms with Crippen LogP contribution in [-0.4, -0.2) is 45.0 Å². The van der Waals surface area contributed by atoms with Crippen LogP contribution in [-0.2, 0) is 18.9 Å². The lowest BCUT2D eigenvalue weighted by molar-refractivity contribution is -0.113. The summed E-state index contributed by atoms with van der Waals surface area (Å²) in [6, 6.07) is 11.9. The van der Waals surface area contributed by atoms with Crippen molar-refractivity contribution in [3.63, 3.8) is 0 Å². The van der Waals surface area contributed by atoms with Gasteiger partial charge in [-0.15, -0.1) is 0 Å². The van der Waals surface area contributed by atoms with E-state index >= 15 is 0 Å². The van der Waals surface area contributed by atoms with Gasteiger partial charge in [-0.05, 0) is 42.5 Å². The number of fused-ring (bicyclic) bond motifs is 1. The smallest absolute Gasteiger partial charge is 0.332 e. The van der Waals surface area contributed by atoms with Crippen LogP contribution < -0.4 is 26.0 Å². The van der Waals surface area contributed by atoms with Gasteiger partial charge in [-0.25, -0.2) is 14.8 Å². The van der Waals surface area contributed by atoms with E-state index in [1.807, 2.05) is 0 Å². The molecular formula is C24H22ClN5O5S. The van der Waals surface area contributed by atoms with Gasteiger partial charge in [0.05, 0.1) is 25.7 Å². The van der Waals surface area contributed by atoms with Gasteiger partial charge < -0.3 is 14.8 Å². The fraction of sp³-hybridized carbons (Fsp3) is 0.208. The topological polar surface area (TPSA) is 117 Å². The summed E-state index contributed by atoms with van der Waals surface area (Å²) in [5.74, 6) is 0.975. The fourth-order valence-electron chi connectivity index (χ4n) is 3.50. The average molecular weight is 528 g/mol. The molecule has 2 heterocycles. The maximum Gasteiger partial charge on any atom is 0.332 e. The molecule has 0 aliphatic carbocycles. The molecule has 186 valence electrons. The number of hydrogen-bond donors (Lipinski definition) is 1. The molecule has 1 amide bonds. The molecule has 0 saturated carbocycles. The molecule has 2 aromatic heterocycles. The lowest BCUT2D eigenvalue weighted by Gasteiger charge is -2.13. The number of aromatic nitrogens is 4. The summed E-state index contributed by atoms with van der Waals surface area (Å²) in [7, 11) is 5.96. The third-order valence-corrected chi connectivity index (χ3v) is 6.60. The molecule has 0 spiro atoms. The molecule has 1 N–H and O–H groups in total. The van der Waals surface area contributed by atoms with E-state index in [2.05, 4.69) is 15.3 Å². The highest BCUT2D eigenvalue weighted by Gasteiger charge is 2.19. The van der Waals surface area contributed by atoms with Gasteiger partial charge in [0.1, 0.15) is 21.9 Å². The molecule has 2 aromatic carbocycles. The van der Waals surface area contributed by atoms with Gasteiger partial charge in [-0.3, -0.25) is 18.7 Å². The van der Waals surface area contributed by atoms with E-state index in [9.17, 15) is 14.4 Å². The van der Waals surface area contributed by atoms with Crippen LogP contribution in [0.15, 0.2) is 57.1 Å². The highest BCUT2D eigenvalue weighted by atomic mass is 35.5. The Morgan fingerprint density at radius 3 is 2.42 bits per heavy atom. The summed E-state index contributed by atoms with van der Waals surface area (Å²) < 4.78 is 12.7. The first-order chi connectivity index (χ1) is 17.2. The monoisotopic (exact) mass is 527 g/mol. The minimum atomic E-state index is -0.547. The van der Waals surface area contributed by atoms with E-state index in [4.69, 9.17) is 21.1 Å². The molecule has 0 aliphatic heterocycles. The Hall–Kier alpha value is -3.83. The van der Waals surface area contributed by atoms with Gasteiger partial charge in [0.15, 0.2) is 11.5 Å². The Balaban J connectivity index is 1.74. The van der Waals surface area contributed by atoms with E-state index in [1.165, 1.54) is 25.8 Å². The maximum absolute atomic E-state index is 13.0. The zero-order valence-corrected chi connectivity index (χ0v) is 21.4. The number of nitrogens with zero attached hydrogens (tertiary/aromatic N) is 4. The molecule has 0 radical (unpaired) electrons. The summed E-state index contributed by atoms with van der Waals surface area (Å²) >= 11 is 7.11. The summed E-state index contributed by atoms with van der Waals surface area (Å²) in [4.78, 5) is 47.4. The summed E-state index contributed by atoms with van der Waals surface area (Å²) in [5, 5.41) is 3.62. The molecule has 0 atom stereocenters. The zero-order chi connectivity index (χ0) is 26.0. The highest BCUT2D eigenvalue weighted by molar-refractivity contribution is 8.00. The van der Waals surface area contributed by atoms with E-state index in [1.54, 1.807) is 49.6 Å². The molecule has 36 heavy (non-hydrogen) atoms. The quantitative estimate of drug-likeness (QED) is 0.288. The van der Waals surface area contributed by atoms with Crippen molar-refractivity contribution in [3.8, 4) is 22.9 Å². The Labute approximate surface area is 214 Å². The molecule has 0 aliphatic rings. The van der Waals surface area contributed by atoms with Crippen molar-refractivity contribution in [1.82, 2.24) is 19.1 Å². The van der Waals surface area contributed by atoms with Gasteiger partial charge in [0, 0.05) is 24.7 Å². The number of anilines is 1. The van der Waals surface area contributed by atoms with Gasteiger partial charge in [0.2, 0.25) is 5.91 Å². The van der Waals surface area contributed by atoms with E-state index < -0.39 is 11.2 Å². The average Bonchev–Trinajstić information content (AvgIpc) is 2.89. The number of halogens is 1. The number of hydrogen-bond acceptors (Lipinski definition) is 8. The maximum atomic E-state index is 13.0. The Kier molecular flexibility index (Phi) is 7.32. The first-order valence-electron chi connectivity index (χ1n) is 10.6. The normalized spacial score (nSPS) is 10.9. The van der Waals surface area contributed by atoms with Crippen molar-refractivity contribution in [2.45, 2.75) is 5.03 Å². The SMILES string of the molecule is COc1ccc(-c2nc(SCC(=O)Nc3cc(Cl)ccc3OC)c3c(=O)n(C)c(=O)n(C)c3n2)cc1. The van der Waals surface area contributed by atoms with Crippen molar-refractivity contribution in [3.05, 3.63) is 68.3 Å². The number of carbonyl (C=O) groups excluding carboxylic acids is 1. The first-order valence-corrected chi connectivity index (χ1v) is 12.0. The Bertz CT molecular complexity index is 1580. The predicted octanol–water partition coefficient (Wildman–Crippen LogP) is 3.10. The second-order valence-electron chi connectivity index (χ2n) is 7.67. The van der Waals surface area contributed by atoms with Crippen LogP contribution in [0.5, 0.6) is 11.5 Å². The van der Waals surface area contributed by atoms with E-state index in [0.717, 1.165) is 16.3 Å². The second kappa shape index (κ2) is 10.4. The number of thioether (sulfide) groups is 1. The minimum Gasteiger partial charge on any atom is -0.497 e. The van der Waals surface area contributed by atoms with Crippen LogP contribution in [0.4, 0.5) is 5.69 Å². The largest absolute Gasteiger partial charge is 0.497 e. The van der Waals surface area contributed by atoms with E-state index in [0.29, 0.717) is 33.6 Å². The van der Waals surface area contributed by atoms with Gasteiger partial charge in [-0.1, -0.05) is 23.4 Å². The molecule has 0 bridgehead atoms. The lowest BCUT2D eigenvalue weighted by Crippen LogP contribution is -2.37. The number of benzene rings is 2. The number of methoxy groups -OCH3 is 2. The summed E-state index contributed by atoms with van der Waals surface area (Å²) in [5.41, 5.74) is 0.173. The molecule has 4 rings (SSSR count). The van der Waals surface area contributed by atoms with Gasteiger partial charge in [0.25, 0.3) is 5.56 Å². The van der Waals surface area contributed by atoms with Crippen LogP contribution in [0, 0.1) is 0 Å². The van der Waals surface area contributed by atoms with Crippen LogP contribution in [0.3, 0.4) is 0 Å². The number of nitrogens with one attached hydrogen (secondary N) is 1. The minimum absolute atomic E-state index is 0.0736. The second-order valence-corrected chi connectivity index (χ2v) is 9.07. The van der Waals surface area contributed by atoms with Gasteiger partial charge in [-0.2, -0.15) is 0 Å². The molecule has 0 saturated heterocycles. The molecule has 10 nitrogen and oxygen atoms in total. The lowest BCUT2D eigenvalue weighted by atomic mass is 10.2. The molecule has 4 aromatic rings. The van der Waals surface area contributed by atoms with Crippen molar-refractivity contribution < 1.29 is 14.3 Å². The van der Waals surface area contributed by atoms with Crippen molar-refractivity contribution in [2.24, 2.45) is 14.1 Å². The Morgan fingerprint density at radius 1 is 1.03 bits per heavy atom. The van der Waals surface area contributed by atoms with Crippen molar-refractivity contribution in [1.29, 1.82) is 0 Å².